The second kappa shape index (κ2) is 9.02. The third kappa shape index (κ3) is 5.45. The van der Waals surface area contributed by atoms with Gasteiger partial charge in [-0.2, -0.15) is 0 Å². The molecule has 2 aromatic carbocycles. The van der Waals surface area contributed by atoms with Crippen molar-refractivity contribution in [2.75, 3.05) is 11.5 Å². The summed E-state index contributed by atoms with van der Waals surface area (Å²) in [7, 11) is 0. The lowest BCUT2D eigenvalue weighted by atomic mass is 10.1. The molecule has 0 saturated heterocycles. The summed E-state index contributed by atoms with van der Waals surface area (Å²) in [6, 6.07) is 15.7. The first-order valence-electron chi connectivity index (χ1n) is 8.63. The van der Waals surface area contributed by atoms with Crippen molar-refractivity contribution >= 4 is 23.3 Å². The maximum Gasteiger partial charge on any atom is 0.305 e. The number of aryl methyl sites for hydroxylation is 2. The molecular weight excluding hydrogens is 314 g/mol. The van der Waals surface area contributed by atoms with Crippen LogP contribution in [-0.4, -0.2) is 18.5 Å². The van der Waals surface area contributed by atoms with Crippen LogP contribution in [0.4, 0.5) is 11.4 Å². The number of benzene rings is 2. The molecule has 25 heavy (non-hydrogen) atoms. The molecule has 0 aromatic heterocycles. The van der Waals surface area contributed by atoms with Crippen LogP contribution >= 0.6 is 0 Å². The molecule has 0 fully saturated rings. The van der Waals surface area contributed by atoms with Crippen molar-refractivity contribution in [2.45, 2.75) is 40.0 Å². The number of esters is 1. The Morgan fingerprint density at radius 2 is 1.32 bits per heavy atom. The normalized spacial score (nSPS) is 10.4. The summed E-state index contributed by atoms with van der Waals surface area (Å²) >= 11 is 0. The molecule has 0 unspecified atom stereocenters. The van der Waals surface area contributed by atoms with Gasteiger partial charge in [0.15, 0.2) is 0 Å². The second-order valence-corrected chi connectivity index (χ2v) is 6.06. The fourth-order valence-electron chi connectivity index (χ4n) is 2.55. The molecule has 0 N–H and O–H groups in total. The van der Waals surface area contributed by atoms with E-state index < -0.39 is 0 Å². The average molecular weight is 339 g/mol. The first-order chi connectivity index (χ1) is 12.0. The number of hydrogen-bond donors (Lipinski definition) is 0. The van der Waals surface area contributed by atoms with Crippen molar-refractivity contribution in [3.8, 4) is 0 Å². The predicted octanol–water partition coefficient (Wildman–Crippen LogP) is 4.70. The molecule has 0 aliphatic carbocycles. The SMILES string of the molecule is CCOC(=O)CCCC(=O)N(c1ccc(C)cc1)c1ccc(C)cc1. The highest BCUT2D eigenvalue weighted by Gasteiger charge is 2.18. The Kier molecular flexibility index (Phi) is 6.75. The molecule has 4 nitrogen and oxygen atoms in total. The highest BCUT2D eigenvalue weighted by Crippen LogP contribution is 2.27. The van der Waals surface area contributed by atoms with E-state index in [4.69, 9.17) is 4.74 Å². The predicted molar refractivity (Wildman–Crippen MR) is 100.0 cm³/mol. The van der Waals surface area contributed by atoms with Crippen LogP contribution in [0, 0.1) is 13.8 Å². The summed E-state index contributed by atoms with van der Waals surface area (Å²) in [5, 5.41) is 0. The summed E-state index contributed by atoms with van der Waals surface area (Å²) < 4.78 is 4.92. The van der Waals surface area contributed by atoms with E-state index in [9.17, 15) is 9.59 Å². The fourth-order valence-corrected chi connectivity index (χ4v) is 2.55. The number of rotatable bonds is 7. The van der Waals surface area contributed by atoms with Gasteiger partial charge >= 0.3 is 5.97 Å². The van der Waals surface area contributed by atoms with Gasteiger partial charge in [-0.25, -0.2) is 0 Å². The van der Waals surface area contributed by atoms with Gasteiger partial charge in [-0.3, -0.25) is 14.5 Å². The van der Waals surface area contributed by atoms with Gasteiger partial charge in [0.25, 0.3) is 0 Å². The van der Waals surface area contributed by atoms with E-state index in [1.807, 2.05) is 62.4 Å². The average Bonchev–Trinajstić information content (AvgIpc) is 2.59. The molecule has 1 amide bonds. The maximum atomic E-state index is 12.8. The lowest BCUT2D eigenvalue weighted by Gasteiger charge is -2.23. The van der Waals surface area contributed by atoms with Crippen molar-refractivity contribution in [1.29, 1.82) is 0 Å². The van der Waals surface area contributed by atoms with E-state index >= 15 is 0 Å². The van der Waals surface area contributed by atoms with Gasteiger partial charge in [0.1, 0.15) is 0 Å². The Labute approximate surface area is 149 Å². The van der Waals surface area contributed by atoms with Crippen LogP contribution in [0.2, 0.25) is 0 Å². The second-order valence-electron chi connectivity index (χ2n) is 6.06. The Morgan fingerprint density at radius 1 is 0.840 bits per heavy atom. The van der Waals surface area contributed by atoms with Gasteiger partial charge in [-0.05, 0) is 51.5 Å². The third-order valence-electron chi connectivity index (χ3n) is 3.91. The van der Waals surface area contributed by atoms with Crippen LogP contribution in [0.3, 0.4) is 0 Å². The van der Waals surface area contributed by atoms with Gasteiger partial charge in [-0.1, -0.05) is 35.4 Å². The summed E-state index contributed by atoms with van der Waals surface area (Å²) in [5.41, 5.74) is 3.94. The van der Waals surface area contributed by atoms with Crippen molar-refractivity contribution in [3.05, 3.63) is 59.7 Å². The first kappa shape index (κ1) is 18.7. The van der Waals surface area contributed by atoms with E-state index in [0.29, 0.717) is 19.4 Å². The maximum absolute atomic E-state index is 12.8. The Morgan fingerprint density at radius 3 is 1.76 bits per heavy atom. The van der Waals surface area contributed by atoms with E-state index in [2.05, 4.69) is 0 Å². The van der Waals surface area contributed by atoms with Crippen LogP contribution in [0.15, 0.2) is 48.5 Å². The molecule has 2 rings (SSSR count). The molecule has 4 heteroatoms. The number of carbonyl (C=O) groups is 2. The monoisotopic (exact) mass is 339 g/mol. The number of hydrogen-bond acceptors (Lipinski definition) is 3. The summed E-state index contributed by atoms with van der Waals surface area (Å²) in [5.74, 6) is -0.287. The topological polar surface area (TPSA) is 46.6 Å². The largest absolute Gasteiger partial charge is 0.466 e. The number of anilines is 2. The molecule has 0 saturated carbocycles. The zero-order valence-electron chi connectivity index (χ0n) is 15.1. The van der Waals surface area contributed by atoms with Crippen molar-refractivity contribution in [2.24, 2.45) is 0 Å². The molecular formula is C21H25NO3. The Hall–Kier alpha value is -2.62. The van der Waals surface area contributed by atoms with E-state index in [1.165, 1.54) is 0 Å². The van der Waals surface area contributed by atoms with E-state index in [1.54, 1.807) is 11.8 Å². The smallest absolute Gasteiger partial charge is 0.305 e. The molecule has 0 bridgehead atoms. The highest BCUT2D eigenvalue weighted by atomic mass is 16.5. The minimum Gasteiger partial charge on any atom is -0.466 e. The van der Waals surface area contributed by atoms with E-state index in [-0.39, 0.29) is 18.3 Å². The minimum atomic E-state index is -0.257. The van der Waals surface area contributed by atoms with Crippen molar-refractivity contribution < 1.29 is 14.3 Å². The van der Waals surface area contributed by atoms with Crippen molar-refractivity contribution in [3.63, 3.8) is 0 Å². The lowest BCUT2D eigenvalue weighted by Crippen LogP contribution is -2.25. The van der Waals surface area contributed by atoms with E-state index in [0.717, 1.165) is 22.5 Å². The zero-order valence-corrected chi connectivity index (χ0v) is 15.1. The molecule has 0 heterocycles. The zero-order chi connectivity index (χ0) is 18.2. The highest BCUT2D eigenvalue weighted by molar-refractivity contribution is 6.00. The number of nitrogens with zero attached hydrogens (tertiary/aromatic N) is 1. The molecule has 0 radical (unpaired) electrons. The fraction of sp³-hybridized carbons (Fsp3) is 0.333. The van der Waals surface area contributed by atoms with Crippen LogP contribution in [-0.2, 0) is 14.3 Å². The molecule has 0 aliphatic heterocycles. The van der Waals surface area contributed by atoms with Crippen molar-refractivity contribution in [1.82, 2.24) is 0 Å². The van der Waals surface area contributed by atoms with Crippen LogP contribution in [0.25, 0.3) is 0 Å². The van der Waals surface area contributed by atoms with Gasteiger partial charge < -0.3 is 4.74 Å². The van der Waals surface area contributed by atoms with Crippen LogP contribution in [0.1, 0.15) is 37.3 Å². The van der Waals surface area contributed by atoms with Gasteiger partial charge in [-0.15, -0.1) is 0 Å². The molecule has 0 aliphatic rings. The number of carbonyl (C=O) groups excluding carboxylic acids is 2. The summed E-state index contributed by atoms with van der Waals surface area (Å²) in [4.78, 5) is 26.0. The Balaban J connectivity index is 2.16. The van der Waals surface area contributed by atoms with Crippen LogP contribution in [0.5, 0.6) is 0 Å². The van der Waals surface area contributed by atoms with Crippen LogP contribution < -0.4 is 4.90 Å². The quantitative estimate of drug-likeness (QED) is 0.687. The molecule has 0 atom stereocenters. The Bertz CT molecular complexity index is 659. The van der Waals surface area contributed by atoms with Gasteiger partial charge in [0.05, 0.1) is 6.61 Å². The minimum absolute atomic E-state index is 0.0306. The summed E-state index contributed by atoms with van der Waals surface area (Å²) in [6.45, 7) is 6.17. The summed E-state index contributed by atoms with van der Waals surface area (Å²) in [6.07, 6.45) is 1.03. The standard InChI is InChI=1S/C21H25NO3/c1-4-25-21(24)7-5-6-20(23)22(18-12-8-16(2)9-13-18)19-14-10-17(3)11-15-19/h8-15H,4-7H2,1-3H3. The molecule has 0 spiro atoms. The van der Waals surface area contributed by atoms with Gasteiger partial charge in [0, 0.05) is 24.2 Å². The first-order valence-corrected chi connectivity index (χ1v) is 8.63. The molecule has 2 aromatic rings. The number of amides is 1. The molecule has 132 valence electrons. The lowest BCUT2D eigenvalue weighted by molar-refractivity contribution is -0.143. The number of ether oxygens (including phenoxy) is 1. The third-order valence-corrected chi connectivity index (χ3v) is 3.91. The van der Waals surface area contributed by atoms with Gasteiger partial charge in [0.2, 0.25) is 5.91 Å².